The van der Waals surface area contributed by atoms with Crippen LogP contribution in [0, 0.1) is 0 Å². The number of methoxy groups -OCH3 is 1. The minimum Gasteiger partial charge on any atom is -0.497 e. The van der Waals surface area contributed by atoms with Crippen molar-refractivity contribution in [2.24, 2.45) is 0 Å². The second-order valence-corrected chi connectivity index (χ2v) is 9.01. The smallest absolute Gasteiger partial charge is 0.322 e. The first-order chi connectivity index (χ1) is 15.9. The molecule has 170 valence electrons. The number of hydrogen-bond acceptors (Lipinski definition) is 8. The third-order valence-electron chi connectivity index (χ3n) is 4.75. The SMILES string of the molecule is COc1cccc(-c2nnc(NC(=O)c3ccc(S(=O)(=O)N(C)Cc4ccco4)cc3)o2)c1. The topological polar surface area (TPSA) is 128 Å². The van der Waals surface area contributed by atoms with E-state index in [0.29, 0.717) is 17.1 Å². The van der Waals surface area contributed by atoms with Gasteiger partial charge in [-0.1, -0.05) is 11.2 Å². The molecule has 0 spiro atoms. The van der Waals surface area contributed by atoms with Crippen molar-refractivity contribution < 1.29 is 26.8 Å². The van der Waals surface area contributed by atoms with Gasteiger partial charge in [-0.25, -0.2) is 8.42 Å². The van der Waals surface area contributed by atoms with Crippen molar-refractivity contribution in [3.8, 4) is 17.2 Å². The number of aromatic nitrogens is 2. The Hall–Kier alpha value is -3.96. The molecule has 2 heterocycles. The molecule has 10 nitrogen and oxygen atoms in total. The first-order valence-corrected chi connectivity index (χ1v) is 11.2. The van der Waals surface area contributed by atoms with E-state index in [2.05, 4.69) is 15.5 Å². The van der Waals surface area contributed by atoms with Gasteiger partial charge in [-0.05, 0) is 54.6 Å². The number of amides is 1. The minimum atomic E-state index is -3.76. The Balaban J connectivity index is 1.44. The highest BCUT2D eigenvalue weighted by Crippen LogP contribution is 2.24. The average Bonchev–Trinajstić information content (AvgIpc) is 3.51. The molecule has 0 aliphatic heterocycles. The van der Waals surface area contributed by atoms with Gasteiger partial charge in [-0.15, -0.1) is 5.10 Å². The summed E-state index contributed by atoms with van der Waals surface area (Å²) in [7, 11) is -0.759. The van der Waals surface area contributed by atoms with E-state index in [1.807, 2.05) is 0 Å². The van der Waals surface area contributed by atoms with Crippen molar-refractivity contribution in [1.29, 1.82) is 0 Å². The summed E-state index contributed by atoms with van der Waals surface area (Å²) in [6, 6.07) is 15.9. The van der Waals surface area contributed by atoms with Crippen LogP contribution in [-0.2, 0) is 16.6 Å². The second kappa shape index (κ2) is 9.27. The van der Waals surface area contributed by atoms with Gasteiger partial charge in [0, 0.05) is 18.2 Å². The number of benzene rings is 2. The fraction of sp³-hybridized carbons (Fsp3) is 0.136. The van der Waals surface area contributed by atoms with Crippen molar-refractivity contribution in [2.45, 2.75) is 11.4 Å². The fourth-order valence-corrected chi connectivity index (χ4v) is 4.12. The lowest BCUT2D eigenvalue weighted by molar-refractivity contribution is 0.102. The predicted molar refractivity (Wildman–Crippen MR) is 118 cm³/mol. The molecule has 0 bridgehead atoms. The van der Waals surface area contributed by atoms with Crippen LogP contribution in [0.1, 0.15) is 16.1 Å². The van der Waals surface area contributed by atoms with E-state index in [1.165, 1.54) is 41.9 Å². The summed E-state index contributed by atoms with van der Waals surface area (Å²) in [5, 5.41) is 10.3. The van der Waals surface area contributed by atoms with Crippen molar-refractivity contribution in [3.63, 3.8) is 0 Å². The summed E-state index contributed by atoms with van der Waals surface area (Å²) in [5.41, 5.74) is 0.861. The van der Waals surface area contributed by atoms with Gasteiger partial charge >= 0.3 is 6.01 Å². The molecule has 33 heavy (non-hydrogen) atoms. The van der Waals surface area contributed by atoms with Crippen LogP contribution in [0.25, 0.3) is 11.5 Å². The highest BCUT2D eigenvalue weighted by molar-refractivity contribution is 7.89. The standard InChI is InChI=1S/C22H20N4O6S/c1-26(14-18-7-4-12-31-18)33(28,29)19-10-8-15(9-11-19)20(27)23-22-25-24-21(32-22)16-5-3-6-17(13-16)30-2/h3-13H,14H2,1-2H3,(H,23,25,27). The maximum atomic E-state index is 12.8. The van der Waals surface area contributed by atoms with Crippen molar-refractivity contribution >= 4 is 21.9 Å². The van der Waals surface area contributed by atoms with Gasteiger partial charge in [0.2, 0.25) is 15.9 Å². The Kier molecular flexibility index (Phi) is 6.24. The van der Waals surface area contributed by atoms with E-state index < -0.39 is 15.9 Å². The van der Waals surface area contributed by atoms with Crippen LogP contribution in [0.3, 0.4) is 0 Å². The molecule has 0 fully saturated rings. The molecular formula is C22H20N4O6S. The van der Waals surface area contributed by atoms with Gasteiger partial charge in [-0.3, -0.25) is 10.1 Å². The lowest BCUT2D eigenvalue weighted by Crippen LogP contribution is -2.26. The fourth-order valence-electron chi connectivity index (χ4n) is 2.98. The number of sulfonamides is 1. The molecule has 1 N–H and O–H groups in total. The van der Waals surface area contributed by atoms with Crippen LogP contribution in [0.2, 0.25) is 0 Å². The van der Waals surface area contributed by atoms with Crippen LogP contribution >= 0.6 is 0 Å². The summed E-state index contributed by atoms with van der Waals surface area (Å²) in [5.74, 6) is 0.833. The summed E-state index contributed by atoms with van der Waals surface area (Å²) >= 11 is 0. The van der Waals surface area contributed by atoms with Gasteiger partial charge in [-0.2, -0.15) is 4.31 Å². The molecular weight excluding hydrogens is 448 g/mol. The number of nitrogens with zero attached hydrogens (tertiary/aromatic N) is 3. The lowest BCUT2D eigenvalue weighted by Gasteiger charge is -2.16. The number of hydrogen-bond donors (Lipinski definition) is 1. The zero-order valence-electron chi connectivity index (χ0n) is 17.8. The molecule has 11 heteroatoms. The van der Waals surface area contributed by atoms with E-state index in [0.717, 1.165) is 0 Å². The van der Waals surface area contributed by atoms with Gasteiger partial charge in [0.25, 0.3) is 5.91 Å². The van der Waals surface area contributed by atoms with Crippen LogP contribution in [0.5, 0.6) is 5.75 Å². The Morgan fingerprint density at radius 3 is 2.58 bits per heavy atom. The van der Waals surface area contributed by atoms with Crippen LogP contribution < -0.4 is 10.1 Å². The van der Waals surface area contributed by atoms with E-state index >= 15 is 0 Å². The molecule has 0 aliphatic carbocycles. The number of anilines is 1. The summed E-state index contributed by atoms with van der Waals surface area (Å²) in [6.07, 6.45) is 1.48. The van der Waals surface area contributed by atoms with Crippen molar-refractivity contribution in [1.82, 2.24) is 14.5 Å². The zero-order chi connectivity index (χ0) is 23.4. The first kappa shape index (κ1) is 22.2. The van der Waals surface area contributed by atoms with Gasteiger partial charge in [0.1, 0.15) is 11.5 Å². The monoisotopic (exact) mass is 468 g/mol. The van der Waals surface area contributed by atoms with E-state index in [1.54, 1.807) is 43.5 Å². The van der Waals surface area contributed by atoms with Gasteiger partial charge in [0.05, 0.1) is 24.8 Å². The maximum absolute atomic E-state index is 12.8. The first-order valence-electron chi connectivity index (χ1n) is 9.75. The highest BCUT2D eigenvalue weighted by Gasteiger charge is 2.22. The second-order valence-electron chi connectivity index (χ2n) is 6.96. The van der Waals surface area contributed by atoms with Crippen LogP contribution in [-0.4, -0.2) is 43.0 Å². The largest absolute Gasteiger partial charge is 0.497 e. The third kappa shape index (κ3) is 4.94. The number of furan rings is 1. The number of rotatable bonds is 8. The normalized spacial score (nSPS) is 11.5. The van der Waals surface area contributed by atoms with Gasteiger partial charge < -0.3 is 13.6 Å². The Labute approximate surface area is 189 Å². The van der Waals surface area contributed by atoms with Crippen molar-refractivity contribution in [2.75, 3.05) is 19.5 Å². The molecule has 4 aromatic rings. The average molecular weight is 468 g/mol. The molecule has 0 aliphatic rings. The molecule has 0 saturated heterocycles. The quantitative estimate of drug-likeness (QED) is 0.417. The van der Waals surface area contributed by atoms with E-state index in [9.17, 15) is 13.2 Å². The lowest BCUT2D eigenvalue weighted by atomic mass is 10.2. The molecule has 2 aromatic carbocycles. The third-order valence-corrected chi connectivity index (χ3v) is 6.56. The zero-order valence-corrected chi connectivity index (χ0v) is 18.6. The molecule has 0 unspecified atom stereocenters. The molecule has 4 rings (SSSR count). The summed E-state index contributed by atoms with van der Waals surface area (Å²) < 4.78 is 42.5. The Morgan fingerprint density at radius 2 is 1.88 bits per heavy atom. The van der Waals surface area contributed by atoms with E-state index in [-0.39, 0.29) is 28.9 Å². The van der Waals surface area contributed by atoms with E-state index in [4.69, 9.17) is 13.6 Å². The molecule has 1 amide bonds. The number of ether oxygens (including phenoxy) is 1. The number of carbonyl (C=O) groups excluding carboxylic acids is 1. The Morgan fingerprint density at radius 1 is 1.09 bits per heavy atom. The van der Waals surface area contributed by atoms with Gasteiger partial charge in [0.15, 0.2) is 0 Å². The molecule has 2 aromatic heterocycles. The minimum absolute atomic E-state index is 0.0474. The number of carbonyl (C=O) groups is 1. The Bertz CT molecular complexity index is 1350. The maximum Gasteiger partial charge on any atom is 0.322 e. The predicted octanol–water partition coefficient (Wildman–Crippen LogP) is 3.41. The molecule has 0 atom stereocenters. The number of nitrogens with one attached hydrogen (secondary N) is 1. The highest BCUT2D eigenvalue weighted by atomic mass is 32.2. The summed E-state index contributed by atoms with van der Waals surface area (Å²) in [6.45, 7) is 0.0877. The molecule has 0 saturated carbocycles. The molecule has 0 radical (unpaired) electrons. The van der Waals surface area contributed by atoms with Crippen LogP contribution in [0.15, 0.2) is 80.7 Å². The van der Waals surface area contributed by atoms with Crippen molar-refractivity contribution in [3.05, 3.63) is 78.3 Å². The summed E-state index contributed by atoms with van der Waals surface area (Å²) in [4.78, 5) is 12.6. The van der Waals surface area contributed by atoms with Crippen LogP contribution in [0.4, 0.5) is 6.01 Å².